The topological polar surface area (TPSA) is 36.4 Å². The smallest absolute Gasteiger partial charge is 0.274 e. The van der Waals surface area contributed by atoms with Gasteiger partial charge in [0.2, 0.25) is 0 Å². The third kappa shape index (κ3) is 3.43. The van der Waals surface area contributed by atoms with Crippen LogP contribution >= 0.6 is 23.2 Å². The molecule has 0 N–H and O–H groups in total. The third-order valence-electron chi connectivity index (χ3n) is 3.65. The van der Waals surface area contributed by atoms with Crippen LogP contribution in [-0.2, 0) is 0 Å². The molecule has 1 unspecified atom stereocenters. The normalized spacial score (nSPS) is 20.8. The van der Waals surface area contributed by atoms with Gasteiger partial charge in [0, 0.05) is 19.1 Å². The summed E-state index contributed by atoms with van der Waals surface area (Å²) in [6, 6.07) is 3.40. The number of amides is 1. The van der Waals surface area contributed by atoms with Gasteiger partial charge in [0.25, 0.3) is 5.91 Å². The maximum absolute atomic E-state index is 12.7. The molecule has 2 rings (SSSR count). The monoisotopic (exact) mass is 315 g/mol. The number of likely N-dealkylation sites (N-methyl/N-ethyl adjacent to an activating group) is 1. The molecule has 1 atom stereocenters. The Bertz CT molecular complexity index is 495. The van der Waals surface area contributed by atoms with Gasteiger partial charge in [-0.25, -0.2) is 4.98 Å². The first-order chi connectivity index (χ1) is 9.52. The van der Waals surface area contributed by atoms with Gasteiger partial charge in [-0.2, -0.15) is 0 Å². The van der Waals surface area contributed by atoms with Crippen molar-refractivity contribution in [2.45, 2.75) is 25.8 Å². The molecule has 0 radical (unpaired) electrons. The van der Waals surface area contributed by atoms with Crippen molar-refractivity contribution in [1.29, 1.82) is 0 Å². The highest BCUT2D eigenvalue weighted by Crippen LogP contribution is 2.21. The number of halogens is 2. The van der Waals surface area contributed by atoms with E-state index in [0.29, 0.717) is 5.02 Å². The minimum absolute atomic E-state index is 0.125. The average Bonchev–Trinajstić information content (AvgIpc) is 2.62. The Morgan fingerprint density at radius 3 is 2.85 bits per heavy atom. The summed E-state index contributed by atoms with van der Waals surface area (Å²) in [6.45, 7) is 4.70. The van der Waals surface area contributed by atoms with Crippen LogP contribution in [0.3, 0.4) is 0 Å². The van der Waals surface area contributed by atoms with E-state index in [-0.39, 0.29) is 22.8 Å². The number of rotatable bonds is 2. The average molecular weight is 316 g/mol. The Hall–Kier alpha value is -0.840. The lowest BCUT2D eigenvalue weighted by Crippen LogP contribution is -2.43. The second kappa shape index (κ2) is 6.74. The van der Waals surface area contributed by atoms with E-state index >= 15 is 0 Å². The molecule has 1 saturated heterocycles. The summed E-state index contributed by atoms with van der Waals surface area (Å²) < 4.78 is 0. The Labute approximate surface area is 129 Å². The van der Waals surface area contributed by atoms with Crippen molar-refractivity contribution in [2.75, 3.05) is 26.7 Å². The molecule has 0 aliphatic carbocycles. The molecular formula is C14H19Cl2N3O. The zero-order chi connectivity index (χ0) is 14.7. The van der Waals surface area contributed by atoms with Gasteiger partial charge in [-0.3, -0.25) is 4.79 Å². The summed E-state index contributed by atoms with van der Waals surface area (Å²) in [5.74, 6) is -0.125. The number of nitrogens with zero attached hydrogens (tertiary/aromatic N) is 3. The van der Waals surface area contributed by atoms with Gasteiger partial charge in [0.05, 0.1) is 5.02 Å². The minimum atomic E-state index is -0.125. The summed E-state index contributed by atoms with van der Waals surface area (Å²) in [5, 5.41) is 0.643. The van der Waals surface area contributed by atoms with Crippen LogP contribution in [0.1, 0.15) is 30.3 Å². The van der Waals surface area contributed by atoms with Crippen LogP contribution in [0.25, 0.3) is 0 Å². The van der Waals surface area contributed by atoms with E-state index in [1.54, 1.807) is 12.1 Å². The lowest BCUT2D eigenvalue weighted by Gasteiger charge is -2.30. The van der Waals surface area contributed by atoms with Crippen LogP contribution in [0.5, 0.6) is 0 Å². The predicted molar refractivity (Wildman–Crippen MR) is 81.5 cm³/mol. The highest BCUT2D eigenvalue weighted by Gasteiger charge is 2.28. The molecule has 0 spiro atoms. The maximum Gasteiger partial charge on any atom is 0.274 e. The molecule has 6 heteroatoms. The summed E-state index contributed by atoms with van der Waals surface area (Å²) >= 11 is 12.0. The van der Waals surface area contributed by atoms with Gasteiger partial charge >= 0.3 is 0 Å². The number of aromatic nitrogens is 1. The first-order valence-electron chi connectivity index (χ1n) is 6.84. The predicted octanol–water partition coefficient (Wildman–Crippen LogP) is 2.94. The van der Waals surface area contributed by atoms with Crippen molar-refractivity contribution in [1.82, 2.24) is 14.8 Å². The Morgan fingerprint density at radius 2 is 2.15 bits per heavy atom. The molecule has 1 aliphatic rings. The molecule has 2 heterocycles. The lowest BCUT2D eigenvalue weighted by atomic mass is 10.1. The molecule has 0 aromatic carbocycles. The second-order valence-corrected chi connectivity index (χ2v) is 5.94. The fourth-order valence-corrected chi connectivity index (χ4v) is 2.90. The highest BCUT2D eigenvalue weighted by molar-refractivity contribution is 6.34. The van der Waals surface area contributed by atoms with Crippen LogP contribution in [0.2, 0.25) is 10.2 Å². The van der Waals surface area contributed by atoms with Gasteiger partial charge in [0.1, 0.15) is 10.8 Å². The van der Waals surface area contributed by atoms with E-state index in [9.17, 15) is 4.79 Å². The number of hydrogen-bond donors (Lipinski definition) is 0. The summed E-state index contributed by atoms with van der Waals surface area (Å²) in [7, 11) is 2.08. The Morgan fingerprint density at radius 1 is 1.40 bits per heavy atom. The van der Waals surface area contributed by atoms with Gasteiger partial charge in [-0.1, -0.05) is 30.1 Å². The Kier molecular flexibility index (Phi) is 5.24. The van der Waals surface area contributed by atoms with Gasteiger partial charge < -0.3 is 9.80 Å². The van der Waals surface area contributed by atoms with Crippen LogP contribution < -0.4 is 0 Å². The van der Waals surface area contributed by atoms with Crippen molar-refractivity contribution >= 4 is 29.1 Å². The van der Waals surface area contributed by atoms with Crippen molar-refractivity contribution in [3.63, 3.8) is 0 Å². The SMILES string of the molecule is CCC1CN(C)CCCN1C(=O)c1nc(Cl)ccc1Cl. The third-order valence-corrected chi connectivity index (χ3v) is 4.16. The van der Waals surface area contributed by atoms with Gasteiger partial charge in [-0.05, 0) is 38.6 Å². The highest BCUT2D eigenvalue weighted by atomic mass is 35.5. The number of carbonyl (C=O) groups excluding carboxylic acids is 1. The minimum Gasteiger partial charge on any atom is -0.333 e. The summed E-state index contributed by atoms with van der Waals surface area (Å²) in [5.41, 5.74) is 0.252. The molecule has 1 amide bonds. The van der Waals surface area contributed by atoms with Crippen molar-refractivity contribution in [3.05, 3.63) is 28.0 Å². The summed E-state index contributed by atoms with van der Waals surface area (Å²) in [4.78, 5) is 20.9. The van der Waals surface area contributed by atoms with E-state index < -0.39 is 0 Å². The van der Waals surface area contributed by atoms with E-state index in [2.05, 4.69) is 23.9 Å². The van der Waals surface area contributed by atoms with E-state index in [1.807, 2.05) is 4.90 Å². The second-order valence-electron chi connectivity index (χ2n) is 5.14. The first-order valence-corrected chi connectivity index (χ1v) is 7.60. The maximum atomic E-state index is 12.7. The van der Waals surface area contributed by atoms with Gasteiger partial charge in [0.15, 0.2) is 0 Å². The van der Waals surface area contributed by atoms with Crippen molar-refractivity contribution < 1.29 is 4.79 Å². The number of hydrogen-bond acceptors (Lipinski definition) is 3. The molecule has 4 nitrogen and oxygen atoms in total. The fourth-order valence-electron chi connectivity index (χ4n) is 2.56. The van der Waals surface area contributed by atoms with Gasteiger partial charge in [-0.15, -0.1) is 0 Å². The largest absolute Gasteiger partial charge is 0.333 e. The van der Waals surface area contributed by atoms with Crippen LogP contribution in [0.15, 0.2) is 12.1 Å². The quantitative estimate of drug-likeness (QED) is 0.787. The molecule has 0 saturated carbocycles. The Balaban J connectivity index is 2.27. The molecule has 110 valence electrons. The van der Waals surface area contributed by atoms with Crippen LogP contribution in [0, 0.1) is 0 Å². The molecule has 1 aliphatic heterocycles. The number of carbonyl (C=O) groups is 1. The molecule has 1 aromatic rings. The number of pyridine rings is 1. The van der Waals surface area contributed by atoms with Crippen LogP contribution in [-0.4, -0.2) is 53.4 Å². The molecular weight excluding hydrogens is 297 g/mol. The molecule has 20 heavy (non-hydrogen) atoms. The molecule has 0 bridgehead atoms. The fraction of sp³-hybridized carbons (Fsp3) is 0.571. The zero-order valence-corrected chi connectivity index (χ0v) is 13.3. The van der Waals surface area contributed by atoms with Crippen molar-refractivity contribution in [3.8, 4) is 0 Å². The van der Waals surface area contributed by atoms with E-state index in [4.69, 9.17) is 23.2 Å². The van der Waals surface area contributed by atoms with Crippen molar-refractivity contribution in [2.24, 2.45) is 0 Å². The van der Waals surface area contributed by atoms with E-state index in [1.165, 1.54) is 0 Å². The van der Waals surface area contributed by atoms with E-state index in [0.717, 1.165) is 32.5 Å². The lowest BCUT2D eigenvalue weighted by molar-refractivity contribution is 0.0670. The van der Waals surface area contributed by atoms with Crippen LogP contribution in [0.4, 0.5) is 0 Å². The molecule has 1 fully saturated rings. The standard InChI is InChI=1S/C14H19Cl2N3O/c1-3-10-9-18(2)7-4-8-19(10)14(20)13-11(15)5-6-12(16)17-13/h5-6,10H,3-4,7-9H2,1-2H3. The molecule has 1 aromatic heterocycles. The zero-order valence-electron chi connectivity index (χ0n) is 11.8. The first kappa shape index (κ1) is 15.5. The summed E-state index contributed by atoms with van der Waals surface area (Å²) in [6.07, 6.45) is 1.87.